The Morgan fingerprint density at radius 3 is 2.00 bits per heavy atom. The molecule has 0 heterocycles. The molecule has 4 aliphatic carbocycles. The van der Waals surface area contributed by atoms with Crippen LogP contribution in [0.1, 0.15) is 72.1 Å². The highest BCUT2D eigenvalue weighted by Crippen LogP contribution is 2.64. The summed E-state index contributed by atoms with van der Waals surface area (Å²) in [6.07, 6.45) is 9.67. The lowest BCUT2D eigenvalue weighted by atomic mass is 9.46. The van der Waals surface area contributed by atoms with Gasteiger partial charge in [-0.3, -0.25) is 4.79 Å². The first kappa shape index (κ1) is 13.5. The van der Waals surface area contributed by atoms with Gasteiger partial charge in [0.25, 0.3) is 0 Å². The molecule has 2 heteroatoms. The van der Waals surface area contributed by atoms with Crippen LogP contribution in [-0.4, -0.2) is 11.6 Å². The van der Waals surface area contributed by atoms with E-state index in [0.717, 1.165) is 24.2 Å². The number of esters is 1. The average molecular weight is 264 g/mol. The minimum absolute atomic E-state index is 0.00301. The molecule has 0 N–H and O–H groups in total. The van der Waals surface area contributed by atoms with Crippen LogP contribution in [0.15, 0.2) is 0 Å². The highest BCUT2D eigenvalue weighted by molar-refractivity contribution is 5.69. The largest absolute Gasteiger partial charge is 0.459 e. The summed E-state index contributed by atoms with van der Waals surface area (Å²) in [5.41, 5.74) is 0.0143. The van der Waals surface area contributed by atoms with Crippen molar-refractivity contribution in [3.05, 3.63) is 0 Å². The molecular formula is C17H28O2. The van der Waals surface area contributed by atoms with E-state index < -0.39 is 0 Å². The summed E-state index contributed by atoms with van der Waals surface area (Å²) in [4.78, 5) is 11.9. The summed E-state index contributed by atoms with van der Waals surface area (Å²) in [5, 5.41) is 0. The zero-order valence-corrected chi connectivity index (χ0v) is 12.7. The number of carbonyl (C=O) groups is 1. The van der Waals surface area contributed by atoms with Crippen molar-refractivity contribution < 1.29 is 9.53 Å². The highest BCUT2D eigenvalue weighted by atomic mass is 16.6. The van der Waals surface area contributed by atoms with Crippen LogP contribution >= 0.6 is 0 Å². The quantitative estimate of drug-likeness (QED) is 0.707. The fourth-order valence-corrected chi connectivity index (χ4v) is 5.50. The van der Waals surface area contributed by atoms with E-state index in [1.807, 2.05) is 6.92 Å². The van der Waals surface area contributed by atoms with E-state index in [2.05, 4.69) is 13.8 Å². The number of rotatable bonds is 4. The van der Waals surface area contributed by atoms with Crippen molar-refractivity contribution in [3.8, 4) is 0 Å². The second kappa shape index (κ2) is 4.49. The van der Waals surface area contributed by atoms with E-state index in [1.165, 1.54) is 38.5 Å². The van der Waals surface area contributed by atoms with Gasteiger partial charge < -0.3 is 4.74 Å². The van der Waals surface area contributed by atoms with Crippen molar-refractivity contribution in [2.75, 3.05) is 0 Å². The predicted octanol–water partition coefficient (Wildman–Crippen LogP) is 4.32. The first-order chi connectivity index (χ1) is 8.94. The molecule has 4 aliphatic rings. The van der Waals surface area contributed by atoms with Crippen molar-refractivity contribution in [3.63, 3.8) is 0 Å². The van der Waals surface area contributed by atoms with Gasteiger partial charge in [0, 0.05) is 11.8 Å². The molecule has 4 bridgehead atoms. The maximum absolute atomic E-state index is 11.9. The molecule has 4 saturated carbocycles. The van der Waals surface area contributed by atoms with Crippen LogP contribution in [0.25, 0.3) is 0 Å². The van der Waals surface area contributed by atoms with E-state index in [1.54, 1.807) is 0 Å². The predicted molar refractivity (Wildman–Crippen MR) is 75.7 cm³/mol. The number of carbonyl (C=O) groups excluding carboxylic acids is 1. The molecule has 0 amide bonds. The van der Waals surface area contributed by atoms with Gasteiger partial charge in [0.1, 0.15) is 5.60 Å². The van der Waals surface area contributed by atoms with Crippen LogP contribution in [0.3, 0.4) is 0 Å². The number of ether oxygens (including phenoxy) is 1. The molecule has 108 valence electrons. The molecule has 0 aliphatic heterocycles. The van der Waals surface area contributed by atoms with Gasteiger partial charge in [0.15, 0.2) is 0 Å². The Kier molecular flexibility index (Phi) is 3.18. The lowest BCUT2D eigenvalue weighted by Gasteiger charge is -2.61. The van der Waals surface area contributed by atoms with Crippen molar-refractivity contribution in [2.24, 2.45) is 23.2 Å². The Hall–Kier alpha value is -0.530. The van der Waals surface area contributed by atoms with Crippen LogP contribution in [0.5, 0.6) is 0 Å². The zero-order valence-electron chi connectivity index (χ0n) is 12.7. The lowest BCUT2D eigenvalue weighted by Crippen LogP contribution is -2.57. The monoisotopic (exact) mass is 264 g/mol. The topological polar surface area (TPSA) is 26.3 Å². The van der Waals surface area contributed by atoms with E-state index >= 15 is 0 Å². The van der Waals surface area contributed by atoms with Crippen LogP contribution in [-0.2, 0) is 9.53 Å². The van der Waals surface area contributed by atoms with E-state index in [0.29, 0.717) is 6.42 Å². The third-order valence-corrected chi connectivity index (χ3v) is 6.14. The maximum atomic E-state index is 11.9. The van der Waals surface area contributed by atoms with Gasteiger partial charge in [0.2, 0.25) is 0 Å². The summed E-state index contributed by atoms with van der Waals surface area (Å²) >= 11 is 0. The minimum atomic E-state index is -0.269. The Balaban J connectivity index is 1.78. The molecule has 0 unspecified atom stereocenters. The summed E-state index contributed by atoms with van der Waals surface area (Å²) < 4.78 is 5.92. The van der Waals surface area contributed by atoms with Crippen LogP contribution in [0.4, 0.5) is 0 Å². The molecule has 0 spiro atoms. The fourth-order valence-electron chi connectivity index (χ4n) is 5.50. The molecule has 19 heavy (non-hydrogen) atoms. The molecule has 0 aromatic heterocycles. The molecule has 4 rings (SSSR count). The molecule has 4 fully saturated rings. The second-order valence-electron chi connectivity index (χ2n) is 7.93. The van der Waals surface area contributed by atoms with E-state index in [-0.39, 0.29) is 17.0 Å². The van der Waals surface area contributed by atoms with Crippen molar-refractivity contribution in [1.29, 1.82) is 0 Å². The van der Waals surface area contributed by atoms with E-state index in [4.69, 9.17) is 4.74 Å². The Morgan fingerprint density at radius 2 is 1.58 bits per heavy atom. The van der Waals surface area contributed by atoms with Gasteiger partial charge in [-0.05, 0) is 76.5 Å². The second-order valence-corrected chi connectivity index (χ2v) is 7.93. The Bertz CT molecular complexity index is 334. The molecule has 0 aromatic carbocycles. The van der Waals surface area contributed by atoms with Crippen LogP contribution in [0, 0.1) is 23.2 Å². The number of hydrogen-bond acceptors (Lipinski definition) is 2. The summed E-state index contributed by atoms with van der Waals surface area (Å²) in [7, 11) is 0. The zero-order chi connectivity index (χ0) is 13.7. The normalized spacial score (nSPS) is 40.5. The third kappa shape index (κ3) is 2.21. The van der Waals surface area contributed by atoms with E-state index in [9.17, 15) is 4.79 Å². The van der Waals surface area contributed by atoms with Crippen molar-refractivity contribution in [1.82, 2.24) is 0 Å². The molecule has 2 nitrogen and oxygen atoms in total. The summed E-state index contributed by atoms with van der Waals surface area (Å²) in [5.74, 6) is 2.74. The van der Waals surface area contributed by atoms with Gasteiger partial charge in [-0.2, -0.15) is 0 Å². The standard InChI is InChI=1S/C17H28O2/c1-4-5-15(18)19-16(2,3)17-9-12-6-13(10-17)8-14(7-12)11-17/h12-14H,4-11H2,1-3H3. The first-order valence-electron chi connectivity index (χ1n) is 8.16. The molecule has 0 saturated heterocycles. The van der Waals surface area contributed by atoms with Gasteiger partial charge in [-0.15, -0.1) is 0 Å². The summed E-state index contributed by atoms with van der Waals surface area (Å²) in [6.45, 7) is 6.39. The van der Waals surface area contributed by atoms with Crippen molar-refractivity contribution >= 4 is 5.97 Å². The van der Waals surface area contributed by atoms with Gasteiger partial charge >= 0.3 is 5.97 Å². The third-order valence-electron chi connectivity index (χ3n) is 6.14. The van der Waals surface area contributed by atoms with Crippen molar-refractivity contribution in [2.45, 2.75) is 77.7 Å². The van der Waals surface area contributed by atoms with Crippen LogP contribution in [0.2, 0.25) is 0 Å². The number of hydrogen-bond donors (Lipinski definition) is 0. The van der Waals surface area contributed by atoms with Gasteiger partial charge in [-0.25, -0.2) is 0 Å². The maximum Gasteiger partial charge on any atom is 0.306 e. The Morgan fingerprint density at radius 1 is 1.11 bits per heavy atom. The minimum Gasteiger partial charge on any atom is -0.459 e. The highest BCUT2D eigenvalue weighted by Gasteiger charge is 2.58. The van der Waals surface area contributed by atoms with Gasteiger partial charge in [-0.1, -0.05) is 6.92 Å². The van der Waals surface area contributed by atoms with Gasteiger partial charge in [0.05, 0.1) is 0 Å². The lowest BCUT2D eigenvalue weighted by molar-refractivity contribution is -0.198. The molecule has 0 radical (unpaired) electrons. The molecule has 0 atom stereocenters. The average Bonchev–Trinajstić information content (AvgIpc) is 2.26. The fraction of sp³-hybridized carbons (Fsp3) is 0.941. The SMILES string of the molecule is CCCC(=O)OC(C)(C)C12CC3CC(CC(C3)C1)C2. The van der Waals surface area contributed by atoms with Crippen LogP contribution < -0.4 is 0 Å². The first-order valence-corrected chi connectivity index (χ1v) is 8.16. The smallest absolute Gasteiger partial charge is 0.306 e. The summed E-state index contributed by atoms with van der Waals surface area (Å²) in [6, 6.07) is 0. The molecular weight excluding hydrogens is 236 g/mol. The molecule has 0 aromatic rings. The Labute approximate surface area is 117 Å².